The second-order valence-electron chi connectivity index (χ2n) is 3.82. The fraction of sp³-hybridized carbons (Fsp3) is 0.417. The number of hydrogen-bond acceptors (Lipinski definition) is 5. The molecule has 0 aliphatic heterocycles. The number of benzene rings is 1. The molecule has 0 saturated heterocycles. The van der Waals surface area contributed by atoms with Crippen LogP contribution in [0, 0.1) is 10.1 Å². The van der Waals surface area contributed by atoms with Gasteiger partial charge in [-0.05, 0) is 12.5 Å². The van der Waals surface area contributed by atoms with E-state index in [0.29, 0.717) is 12.2 Å². The van der Waals surface area contributed by atoms with E-state index in [9.17, 15) is 14.9 Å². The summed E-state index contributed by atoms with van der Waals surface area (Å²) >= 11 is 0. The van der Waals surface area contributed by atoms with E-state index in [4.69, 9.17) is 14.6 Å². The standard InChI is InChI=1S/C12H15NO6/c1-3-4-10(12(14)15)19-11-7-8(18-2)5-6-9(11)13(16)17/h5-7,10H,3-4H2,1-2H3,(H,14,15). The zero-order valence-corrected chi connectivity index (χ0v) is 10.7. The number of carboxylic acid groups (broad SMARTS) is 1. The zero-order chi connectivity index (χ0) is 14.4. The van der Waals surface area contributed by atoms with Crippen molar-refractivity contribution in [1.82, 2.24) is 0 Å². The Hall–Kier alpha value is -2.31. The van der Waals surface area contributed by atoms with Crippen LogP contribution < -0.4 is 9.47 Å². The third-order valence-corrected chi connectivity index (χ3v) is 2.46. The van der Waals surface area contributed by atoms with Crippen LogP contribution in [0.4, 0.5) is 5.69 Å². The van der Waals surface area contributed by atoms with Crippen molar-refractivity contribution in [3.05, 3.63) is 28.3 Å². The molecule has 0 heterocycles. The predicted octanol–water partition coefficient (Wildman–Crippen LogP) is 2.24. The van der Waals surface area contributed by atoms with Gasteiger partial charge in [0, 0.05) is 12.1 Å². The van der Waals surface area contributed by atoms with Gasteiger partial charge < -0.3 is 14.6 Å². The molecular formula is C12H15NO6. The molecule has 0 fully saturated rings. The molecular weight excluding hydrogens is 254 g/mol. The molecule has 1 aromatic carbocycles. The number of carbonyl (C=O) groups is 1. The van der Waals surface area contributed by atoms with Gasteiger partial charge >= 0.3 is 11.7 Å². The second kappa shape index (κ2) is 6.58. The molecule has 1 unspecified atom stereocenters. The van der Waals surface area contributed by atoms with Crippen molar-refractivity contribution < 1.29 is 24.3 Å². The van der Waals surface area contributed by atoms with E-state index in [1.165, 1.54) is 25.3 Å². The van der Waals surface area contributed by atoms with Crippen LogP contribution in [0.3, 0.4) is 0 Å². The molecule has 0 spiro atoms. The van der Waals surface area contributed by atoms with Gasteiger partial charge in [-0.1, -0.05) is 13.3 Å². The lowest BCUT2D eigenvalue weighted by atomic mass is 10.2. The largest absolute Gasteiger partial charge is 0.497 e. The average molecular weight is 269 g/mol. The second-order valence-corrected chi connectivity index (χ2v) is 3.82. The van der Waals surface area contributed by atoms with E-state index in [2.05, 4.69) is 0 Å². The molecule has 0 aliphatic carbocycles. The van der Waals surface area contributed by atoms with Crippen molar-refractivity contribution >= 4 is 11.7 Å². The molecule has 1 aromatic rings. The van der Waals surface area contributed by atoms with Crippen LogP contribution in [0.25, 0.3) is 0 Å². The van der Waals surface area contributed by atoms with Gasteiger partial charge in [-0.2, -0.15) is 0 Å². The van der Waals surface area contributed by atoms with Crippen molar-refractivity contribution in [3.8, 4) is 11.5 Å². The van der Waals surface area contributed by atoms with E-state index in [1.807, 2.05) is 0 Å². The van der Waals surface area contributed by atoms with Crippen LogP contribution in [-0.4, -0.2) is 29.2 Å². The number of methoxy groups -OCH3 is 1. The Morgan fingerprint density at radius 3 is 2.68 bits per heavy atom. The summed E-state index contributed by atoms with van der Waals surface area (Å²) in [5.41, 5.74) is -0.289. The van der Waals surface area contributed by atoms with Crippen LogP contribution in [0.2, 0.25) is 0 Å². The highest BCUT2D eigenvalue weighted by Crippen LogP contribution is 2.32. The third kappa shape index (κ3) is 3.84. The Kier molecular flexibility index (Phi) is 5.11. The molecule has 0 aromatic heterocycles. The topological polar surface area (TPSA) is 98.9 Å². The lowest BCUT2D eigenvalue weighted by Gasteiger charge is -2.14. The predicted molar refractivity (Wildman–Crippen MR) is 66.6 cm³/mol. The molecule has 1 N–H and O–H groups in total. The first kappa shape index (κ1) is 14.7. The molecule has 0 radical (unpaired) electrons. The number of ether oxygens (including phenoxy) is 2. The first-order valence-corrected chi connectivity index (χ1v) is 5.71. The summed E-state index contributed by atoms with van der Waals surface area (Å²) in [4.78, 5) is 21.2. The molecule has 0 amide bonds. The molecule has 0 aliphatic rings. The van der Waals surface area contributed by atoms with Gasteiger partial charge in [0.1, 0.15) is 5.75 Å². The lowest BCUT2D eigenvalue weighted by Crippen LogP contribution is -2.27. The van der Waals surface area contributed by atoms with Crippen molar-refractivity contribution in [3.63, 3.8) is 0 Å². The van der Waals surface area contributed by atoms with Gasteiger partial charge in [0.2, 0.25) is 5.75 Å². The Balaban J connectivity index is 3.08. The summed E-state index contributed by atoms with van der Waals surface area (Å²) in [7, 11) is 1.41. The maximum absolute atomic E-state index is 11.0. The van der Waals surface area contributed by atoms with Crippen LogP contribution in [0.5, 0.6) is 11.5 Å². The first-order valence-electron chi connectivity index (χ1n) is 5.71. The highest BCUT2D eigenvalue weighted by molar-refractivity contribution is 5.73. The number of rotatable bonds is 7. The van der Waals surface area contributed by atoms with Crippen molar-refractivity contribution in [2.45, 2.75) is 25.9 Å². The van der Waals surface area contributed by atoms with Crippen molar-refractivity contribution in [2.75, 3.05) is 7.11 Å². The summed E-state index contributed by atoms with van der Waals surface area (Å²) < 4.78 is 10.2. The van der Waals surface area contributed by atoms with Gasteiger partial charge in [-0.15, -0.1) is 0 Å². The highest BCUT2D eigenvalue weighted by Gasteiger charge is 2.24. The Morgan fingerprint density at radius 2 is 2.21 bits per heavy atom. The van der Waals surface area contributed by atoms with E-state index < -0.39 is 17.0 Å². The van der Waals surface area contributed by atoms with Gasteiger partial charge in [0.05, 0.1) is 12.0 Å². The molecule has 0 saturated carbocycles. The lowest BCUT2D eigenvalue weighted by molar-refractivity contribution is -0.386. The third-order valence-electron chi connectivity index (χ3n) is 2.46. The fourth-order valence-corrected chi connectivity index (χ4v) is 1.51. The number of nitro benzene ring substituents is 1. The fourth-order valence-electron chi connectivity index (χ4n) is 1.51. The van der Waals surface area contributed by atoms with Crippen LogP contribution in [0.15, 0.2) is 18.2 Å². The Labute approximate surface area is 109 Å². The molecule has 1 rings (SSSR count). The van der Waals surface area contributed by atoms with Gasteiger partial charge in [0.15, 0.2) is 6.10 Å². The smallest absolute Gasteiger partial charge is 0.344 e. The van der Waals surface area contributed by atoms with Crippen molar-refractivity contribution in [1.29, 1.82) is 0 Å². The van der Waals surface area contributed by atoms with Crippen molar-refractivity contribution in [2.24, 2.45) is 0 Å². The number of carboxylic acids is 1. The number of nitro groups is 1. The molecule has 104 valence electrons. The number of nitrogens with zero attached hydrogens (tertiary/aromatic N) is 1. The molecule has 1 atom stereocenters. The van der Waals surface area contributed by atoms with Crippen LogP contribution in [0.1, 0.15) is 19.8 Å². The summed E-state index contributed by atoms with van der Waals surface area (Å²) in [5.74, 6) is -0.898. The highest BCUT2D eigenvalue weighted by atomic mass is 16.6. The van der Waals surface area contributed by atoms with Crippen LogP contribution >= 0.6 is 0 Å². The zero-order valence-electron chi connectivity index (χ0n) is 10.7. The first-order chi connectivity index (χ1) is 8.99. The Bertz CT molecular complexity index is 473. The van der Waals surface area contributed by atoms with Gasteiger partial charge in [0.25, 0.3) is 0 Å². The van der Waals surface area contributed by atoms with Gasteiger partial charge in [-0.3, -0.25) is 10.1 Å². The summed E-state index contributed by atoms with van der Waals surface area (Å²) in [6.45, 7) is 1.80. The number of hydrogen-bond donors (Lipinski definition) is 1. The summed E-state index contributed by atoms with van der Waals surface area (Å²) in [6, 6.07) is 3.95. The van der Waals surface area contributed by atoms with E-state index in [0.717, 1.165) is 0 Å². The number of aliphatic carboxylic acids is 1. The minimum absolute atomic E-state index is 0.106. The van der Waals surface area contributed by atoms with Crippen LogP contribution in [-0.2, 0) is 4.79 Å². The maximum atomic E-state index is 11.0. The van der Waals surface area contributed by atoms with E-state index >= 15 is 0 Å². The van der Waals surface area contributed by atoms with E-state index in [-0.39, 0.29) is 17.9 Å². The van der Waals surface area contributed by atoms with Gasteiger partial charge in [-0.25, -0.2) is 4.79 Å². The van der Waals surface area contributed by atoms with E-state index in [1.54, 1.807) is 6.92 Å². The summed E-state index contributed by atoms with van der Waals surface area (Å²) in [6.07, 6.45) is -0.255. The molecule has 7 heteroatoms. The Morgan fingerprint density at radius 1 is 1.53 bits per heavy atom. The minimum Gasteiger partial charge on any atom is -0.497 e. The monoisotopic (exact) mass is 269 g/mol. The summed E-state index contributed by atoms with van der Waals surface area (Å²) in [5, 5.41) is 19.9. The maximum Gasteiger partial charge on any atom is 0.344 e. The minimum atomic E-state index is -1.15. The normalized spacial score (nSPS) is 11.7. The molecule has 19 heavy (non-hydrogen) atoms. The average Bonchev–Trinajstić information content (AvgIpc) is 2.37. The quantitative estimate of drug-likeness (QED) is 0.602. The molecule has 0 bridgehead atoms. The molecule has 7 nitrogen and oxygen atoms in total. The SMILES string of the molecule is CCCC(Oc1cc(OC)ccc1[N+](=O)[O-])C(=O)O.